The van der Waals surface area contributed by atoms with Crippen LogP contribution < -0.4 is 14.8 Å². The highest BCUT2D eigenvalue weighted by molar-refractivity contribution is 9.10. The molecule has 0 saturated heterocycles. The molecule has 0 spiro atoms. The minimum absolute atomic E-state index is 0.0227. The Hall–Kier alpha value is -3.63. The molecule has 0 saturated carbocycles. The molecule has 0 atom stereocenters. The van der Waals surface area contributed by atoms with Gasteiger partial charge in [-0.15, -0.1) is 0 Å². The second-order valence-corrected chi connectivity index (χ2v) is 7.62. The second kappa shape index (κ2) is 11.1. The lowest BCUT2D eigenvalue weighted by molar-refractivity contribution is -0.117. The van der Waals surface area contributed by atoms with Crippen LogP contribution in [0.15, 0.2) is 76.8 Å². The predicted molar refractivity (Wildman–Crippen MR) is 123 cm³/mol. The van der Waals surface area contributed by atoms with Crippen LogP contribution in [0.3, 0.4) is 0 Å². The molecule has 0 aliphatic rings. The molecule has 0 aromatic heterocycles. The van der Waals surface area contributed by atoms with E-state index in [2.05, 4.69) is 21.2 Å². The smallest absolute Gasteiger partial charge is 0.262 e. The zero-order valence-corrected chi connectivity index (χ0v) is 18.9. The van der Waals surface area contributed by atoms with E-state index >= 15 is 0 Å². The molecule has 0 bridgehead atoms. The summed E-state index contributed by atoms with van der Waals surface area (Å²) in [4.78, 5) is 12.4. The first-order valence-electron chi connectivity index (χ1n) is 9.69. The predicted octanol–water partition coefficient (Wildman–Crippen LogP) is 5.40. The topological polar surface area (TPSA) is 71.3 Å². The molecule has 0 heterocycles. The van der Waals surface area contributed by atoms with Gasteiger partial charge in [0.25, 0.3) is 5.91 Å². The maximum atomic E-state index is 13.7. The Balaban J connectivity index is 1.64. The van der Waals surface area contributed by atoms with Gasteiger partial charge in [-0.1, -0.05) is 36.4 Å². The number of ether oxygens (including phenoxy) is 2. The number of nitrogens with one attached hydrogen (secondary N) is 1. The van der Waals surface area contributed by atoms with Crippen LogP contribution in [0.2, 0.25) is 0 Å². The molecule has 0 aliphatic carbocycles. The summed E-state index contributed by atoms with van der Waals surface area (Å²) in [6.07, 6.45) is 1.49. The van der Waals surface area contributed by atoms with Crippen LogP contribution in [0.5, 0.6) is 11.5 Å². The van der Waals surface area contributed by atoms with Gasteiger partial charge in [-0.05, 0) is 63.5 Å². The lowest BCUT2D eigenvalue weighted by Crippen LogP contribution is -2.23. The molecular weight excluding hydrogens is 475 g/mol. The minimum Gasteiger partial charge on any atom is -0.497 e. The van der Waals surface area contributed by atoms with Crippen molar-refractivity contribution in [3.05, 3.63) is 99.3 Å². The van der Waals surface area contributed by atoms with Gasteiger partial charge in [-0.2, -0.15) is 5.26 Å². The molecule has 1 amide bonds. The average molecular weight is 495 g/mol. The summed E-state index contributed by atoms with van der Waals surface area (Å²) in [5.41, 5.74) is 1.95. The number of carbonyl (C=O) groups excluding carboxylic acids is 1. The number of amides is 1. The van der Waals surface area contributed by atoms with Crippen LogP contribution in [0, 0.1) is 17.1 Å². The quantitative estimate of drug-likeness (QED) is 0.336. The molecule has 0 aliphatic heterocycles. The molecule has 5 nitrogen and oxygen atoms in total. The second-order valence-electron chi connectivity index (χ2n) is 6.77. The van der Waals surface area contributed by atoms with Crippen molar-refractivity contribution < 1.29 is 18.7 Å². The summed E-state index contributed by atoms with van der Waals surface area (Å²) < 4.78 is 25.2. The van der Waals surface area contributed by atoms with Crippen LogP contribution in [0.1, 0.15) is 16.7 Å². The molecule has 1 N–H and O–H groups in total. The number of benzene rings is 3. The third-order valence-electron chi connectivity index (χ3n) is 4.59. The highest BCUT2D eigenvalue weighted by Gasteiger charge is 2.10. The van der Waals surface area contributed by atoms with Crippen molar-refractivity contribution in [1.82, 2.24) is 5.32 Å². The van der Waals surface area contributed by atoms with Gasteiger partial charge in [0.2, 0.25) is 0 Å². The van der Waals surface area contributed by atoms with E-state index < -0.39 is 5.91 Å². The average Bonchev–Trinajstić information content (AvgIpc) is 2.81. The first-order valence-corrected chi connectivity index (χ1v) is 10.5. The third kappa shape index (κ3) is 6.19. The minimum atomic E-state index is -0.473. The molecular formula is C25H20BrFN2O3. The van der Waals surface area contributed by atoms with Crippen LogP contribution in [0.4, 0.5) is 4.39 Å². The van der Waals surface area contributed by atoms with E-state index in [9.17, 15) is 14.4 Å². The van der Waals surface area contributed by atoms with Gasteiger partial charge in [-0.3, -0.25) is 4.79 Å². The molecule has 0 fully saturated rings. The Bertz CT molecular complexity index is 1170. The Morgan fingerprint density at radius 3 is 2.56 bits per heavy atom. The van der Waals surface area contributed by atoms with Gasteiger partial charge >= 0.3 is 0 Å². The number of carbonyl (C=O) groups is 1. The molecule has 0 unspecified atom stereocenters. The van der Waals surface area contributed by atoms with Gasteiger partial charge in [0.15, 0.2) is 0 Å². The number of hydrogen-bond acceptors (Lipinski definition) is 4. The summed E-state index contributed by atoms with van der Waals surface area (Å²) in [6.45, 7) is 0.367. The number of halogens is 2. The zero-order valence-electron chi connectivity index (χ0n) is 17.3. The normalized spacial score (nSPS) is 10.9. The van der Waals surface area contributed by atoms with Crippen molar-refractivity contribution in [3.63, 3.8) is 0 Å². The fraction of sp³-hybridized carbons (Fsp3) is 0.120. The number of nitriles is 1. The van der Waals surface area contributed by atoms with Crippen molar-refractivity contribution in [2.75, 3.05) is 7.11 Å². The van der Waals surface area contributed by atoms with Gasteiger partial charge in [-0.25, -0.2) is 4.39 Å². The number of nitrogens with zero attached hydrogens (tertiary/aromatic N) is 1. The van der Waals surface area contributed by atoms with Crippen LogP contribution in [-0.4, -0.2) is 13.0 Å². The lowest BCUT2D eigenvalue weighted by atomic mass is 10.1. The number of rotatable bonds is 8. The van der Waals surface area contributed by atoms with Gasteiger partial charge in [0.1, 0.15) is 35.6 Å². The van der Waals surface area contributed by atoms with E-state index in [-0.39, 0.29) is 24.5 Å². The lowest BCUT2D eigenvalue weighted by Gasteiger charge is -2.10. The van der Waals surface area contributed by atoms with E-state index in [1.165, 1.54) is 12.1 Å². The van der Waals surface area contributed by atoms with Crippen molar-refractivity contribution in [1.29, 1.82) is 5.26 Å². The van der Waals surface area contributed by atoms with Crippen molar-refractivity contribution in [2.45, 2.75) is 13.2 Å². The number of hydrogen-bond donors (Lipinski definition) is 1. The highest BCUT2D eigenvalue weighted by atomic mass is 79.9. The molecule has 0 radical (unpaired) electrons. The summed E-state index contributed by atoms with van der Waals surface area (Å²) in [5.74, 6) is 0.444. The van der Waals surface area contributed by atoms with E-state index in [0.29, 0.717) is 21.3 Å². The summed E-state index contributed by atoms with van der Waals surface area (Å²) >= 11 is 3.42. The highest BCUT2D eigenvalue weighted by Crippen LogP contribution is 2.28. The molecule has 3 aromatic rings. The zero-order chi connectivity index (χ0) is 22.9. The van der Waals surface area contributed by atoms with E-state index in [1.54, 1.807) is 55.6 Å². The first-order chi connectivity index (χ1) is 15.5. The third-order valence-corrected chi connectivity index (χ3v) is 5.20. The van der Waals surface area contributed by atoms with E-state index in [4.69, 9.17) is 9.47 Å². The fourth-order valence-electron chi connectivity index (χ4n) is 2.83. The Labute approximate surface area is 194 Å². The Morgan fingerprint density at radius 2 is 1.91 bits per heavy atom. The van der Waals surface area contributed by atoms with Crippen LogP contribution in [-0.2, 0) is 17.9 Å². The molecule has 32 heavy (non-hydrogen) atoms. The largest absolute Gasteiger partial charge is 0.497 e. The first kappa shape index (κ1) is 23.0. The molecule has 3 aromatic carbocycles. The maximum absolute atomic E-state index is 13.7. The monoisotopic (exact) mass is 494 g/mol. The van der Waals surface area contributed by atoms with Crippen molar-refractivity contribution in [3.8, 4) is 17.6 Å². The van der Waals surface area contributed by atoms with Crippen LogP contribution in [0.25, 0.3) is 6.08 Å². The van der Waals surface area contributed by atoms with Crippen LogP contribution >= 0.6 is 15.9 Å². The fourth-order valence-corrected chi connectivity index (χ4v) is 3.34. The molecule has 162 valence electrons. The van der Waals surface area contributed by atoms with E-state index in [0.717, 1.165) is 11.3 Å². The molecule has 3 rings (SSSR count). The standard InChI is InChI=1S/C25H20BrFN2O3/c1-31-21-9-6-17(7-10-21)15-29-25(30)20(14-28)12-18-8-11-24(22(26)13-18)32-16-19-4-2-3-5-23(19)27/h2-13H,15-16H2,1H3,(H,29,30)/b20-12-. The maximum Gasteiger partial charge on any atom is 0.262 e. The van der Waals surface area contributed by atoms with Crippen molar-refractivity contribution in [2.24, 2.45) is 0 Å². The van der Waals surface area contributed by atoms with Gasteiger partial charge in [0.05, 0.1) is 11.6 Å². The van der Waals surface area contributed by atoms with Gasteiger partial charge in [0, 0.05) is 12.1 Å². The SMILES string of the molecule is COc1ccc(CNC(=O)/C(C#N)=C\c2ccc(OCc3ccccc3F)c(Br)c2)cc1. The van der Waals surface area contributed by atoms with E-state index in [1.807, 2.05) is 18.2 Å². The summed E-state index contributed by atoms with van der Waals surface area (Å²) in [6, 6.07) is 20.8. The van der Waals surface area contributed by atoms with Crippen molar-refractivity contribution >= 4 is 27.9 Å². The Kier molecular flexibility index (Phi) is 8.01. The Morgan fingerprint density at radius 1 is 1.16 bits per heavy atom. The van der Waals surface area contributed by atoms with Gasteiger partial charge < -0.3 is 14.8 Å². The summed E-state index contributed by atoms with van der Waals surface area (Å²) in [5, 5.41) is 12.2. The number of methoxy groups -OCH3 is 1. The summed E-state index contributed by atoms with van der Waals surface area (Å²) in [7, 11) is 1.58. The molecule has 7 heteroatoms.